The van der Waals surface area contributed by atoms with Crippen LogP contribution in [-0.4, -0.2) is 46.6 Å². The van der Waals surface area contributed by atoms with E-state index in [1.165, 1.54) is 15.3 Å². The predicted molar refractivity (Wildman–Crippen MR) is 124 cm³/mol. The van der Waals surface area contributed by atoms with Gasteiger partial charge in [-0.05, 0) is 44.6 Å². The molecule has 0 spiro atoms. The summed E-state index contributed by atoms with van der Waals surface area (Å²) in [6, 6.07) is 8.49. The number of hydrogen-bond donors (Lipinski definition) is 1. The number of fused-ring (bicyclic) bond motifs is 1. The van der Waals surface area contributed by atoms with Crippen LogP contribution < -0.4 is 11.1 Å². The van der Waals surface area contributed by atoms with E-state index in [-0.39, 0.29) is 17.7 Å². The predicted octanol–water partition coefficient (Wildman–Crippen LogP) is 3.14. The summed E-state index contributed by atoms with van der Waals surface area (Å²) in [5.41, 5.74) is 1.83. The number of aliphatic imine (C=N–C) groups is 1. The lowest BCUT2D eigenvalue weighted by atomic mass is 10.1. The van der Waals surface area contributed by atoms with E-state index in [1.807, 2.05) is 19.0 Å². The molecule has 0 radical (unpaired) electrons. The number of rotatable bonds is 8. The largest absolute Gasteiger partial charge is 0.308 e. The van der Waals surface area contributed by atoms with Gasteiger partial charge < -0.3 is 9.47 Å². The molecule has 0 fully saturated rings. The molecule has 0 unspecified atom stereocenters. The lowest BCUT2D eigenvalue weighted by Gasteiger charge is -2.14. The molecule has 0 saturated heterocycles. The molecule has 2 aromatic heterocycles. The van der Waals surface area contributed by atoms with E-state index in [1.54, 1.807) is 36.4 Å². The SMILES string of the molecule is C=C/C=C(/Cn1c(-c2ccc(Cl)cc2)c2c(=O)n(CCN(C)C)[nH]c2cc1=O)N=C. The monoisotopic (exact) mass is 425 g/mol. The van der Waals surface area contributed by atoms with Crippen LogP contribution in [0.15, 0.2) is 69.3 Å². The van der Waals surface area contributed by atoms with Crippen molar-refractivity contribution in [2.45, 2.75) is 13.1 Å². The minimum atomic E-state index is -0.257. The zero-order chi connectivity index (χ0) is 21.8. The molecule has 0 bridgehead atoms. The third-order valence-corrected chi connectivity index (χ3v) is 5.00. The van der Waals surface area contributed by atoms with Crippen LogP contribution in [0.1, 0.15) is 0 Å². The molecule has 30 heavy (non-hydrogen) atoms. The highest BCUT2D eigenvalue weighted by Gasteiger charge is 2.19. The van der Waals surface area contributed by atoms with Crippen LogP contribution in [-0.2, 0) is 13.1 Å². The van der Waals surface area contributed by atoms with Crippen molar-refractivity contribution in [1.29, 1.82) is 0 Å². The molecule has 1 aromatic carbocycles. The van der Waals surface area contributed by atoms with Crippen molar-refractivity contribution in [1.82, 2.24) is 19.2 Å². The van der Waals surface area contributed by atoms with Crippen molar-refractivity contribution in [3.8, 4) is 11.3 Å². The number of nitrogens with one attached hydrogen (secondary N) is 1. The molecule has 0 atom stereocenters. The summed E-state index contributed by atoms with van der Waals surface area (Å²) in [6.07, 6.45) is 3.27. The average molecular weight is 426 g/mol. The summed E-state index contributed by atoms with van der Waals surface area (Å²) < 4.78 is 3.06. The van der Waals surface area contributed by atoms with Crippen LogP contribution in [0.4, 0.5) is 0 Å². The van der Waals surface area contributed by atoms with Crippen molar-refractivity contribution in [2.75, 3.05) is 20.6 Å². The Morgan fingerprint density at radius 2 is 1.97 bits per heavy atom. The zero-order valence-electron chi connectivity index (χ0n) is 17.1. The minimum Gasteiger partial charge on any atom is -0.308 e. The lowest BCUT2D eigenvalue weighted by molar-refractivity contribution is 0.371. The van der Waals surface area contributed by atoms with Gasteiger partial charge in [0.2, 0.25) is 0 Å². The van der Waals surface area contributed by atoms with Gasteiger partial charge in [0.25, 0.3) is 11.1 Å². The van der Waals surface area contributed by atoms with E-state index in [0.717, 1.165) is 0 Å². The van der Waals surface area contributed by atoms with Gasteiger partial charge in [-0.25, -0.2) is 0 Å². The van der Waals surface area contributed by atoms with Gasteiger partial charge in [0.05, 0.1) is 35.4 Å². The van der Waals surface area contributed by atoms with E-state index >= 15 is 0 Å². The normalized spacial score (nSPS) is 11.9. The number of likely N-dealkylation sites (N-methyl/N-ethyl adjacent to an activating group) is 1. The number of aromatic amines is 1. The van der Waals surface area contributed by atoms with Gasteiger partial charge in [-0.1, -0.05) is 36.4 Å². The molecule has 0 aliphatic rings. The van der Waals surface area contributed by atoms with Gasteiger partial charge in [-0.2, -0.15) is 0 Å². The van der Waals surface area contributed by atoms with Crippen LogP contribution in [0.25, 0.3) is 22.2 Å². The lowest BCUT2D eigenvalue weighted by Crippen LogP contribution is -2.26. The van der Waals surface area contributed by atoms with Crippen molar-refractivity contribution in [2.24, 2.45) is 4.99 Å². The Bertz CT molecular complexity index is 1230. The summed E-state index contributed by atoms with van der Waals surface area (Å²) in [5.74, 6) is 0. The molecule has 0 amide bonds. The summed E-state index contributed by atoms with van der Waals surface area (Å²) in [6.45, 7) is 8.56. The number of allylic oxidation sites excluding steroid dienone is 3. The summed E-state index contributed by atoms with van der Waals surface area (Å²) in [5, 5.41) is 4.08. The molecule has 3 rings (SSSR count). The first kappa shape index (κ1) is 21.5. The molecule has 8 heteroatoms. The number of pyridine rings is 1. The van der Waals surface area contributed by atoms with Crippen molar-refractivity contribution in [3.63, 3.8) is 0 Å². The zero-order valence-corrected chi connectivity index (χ0v) is 17.8. The quantitative estimate of drug-likeness (QED) is 0.445. The van der Waals surface area contributed by atoms with Crippen molar-refractivity contribution in [3.05, 3.63) is 80.5 Å². The van der Waals surface area contributed by atoms with Gasteiger partial charge in [0.15, 0.2) is 0 Å². The Kier molecular flexibility index (Phi) is 6.54. The van der Waals surface area contributed by atoms with Gasteiger partial charge in [-0.3, -0.25) is 24.4 Å². The number of hydrogen-bond acceptors (Lipinski definition) is 4. The maximum absolute atomic E-state index is 13.3. The molecule has 0 saturated carbocycles. The molecule has 2 heterocycles. The summed E-state index contributed by atoms with van der Waals surface area (Å²) >= 11 is 6.05. The molecule has 0 aliphatic carbocycles. The van der Waals surface area contributed by atoms with Crippen molar-refractivity contribution < 1.29 is 0 Å². The van der Waals surface area contributed by atoms with Crippen LogP contribution in [0.2, 0.25) is 5.02 Å². The highest BCUT2D eigenvalue weighted by Crippen LogP contribution is 2.26. The molecule has 3 aromatic rings. The Hall–Kier alpha value is -3.16. The minimum absolute atomic E-state index is 0.157. The molecular formula is C22H24ClN5O2. The number of nitrogens with zero attached hydrogens (tertiary/aromatic N) is 4. The summed E-state index contributed by atoms with van der Waals surface area (Å²) in [4.78, 5) is 32.2. The Labute approximate surface area is 179 Å². The number of halogens is 1. The number of benzene rings is 1. The first-order valence-electron chi connectivity index (χ1n) is 9.41. The number of aromatic nitrogens is 3. The fourth-order valence-corrected chi connectivity index (χ4v) is 3.38. The van der Waals surface area contributed by atoms with E-state index < -0.39 is 0 Å². The van der Waals surface area contributed by atoms with E-state index in [0.29, 0.717) is 46.0 Å². The average Bonchev–Trinajstić information content (AvgIpc) is 3.02. The van der Waals surface area contributed by atoms with Crippen LogP contribution >= 0.6 is 11.6 Å². The molecule has 0 aliphatic heterocycles. The standard InChI is InChI=1S/C22H24ClN5O2/c1-5-6-17(24-2)14-27-19(29)13-18-20(21(27)15-7-9-16(23)10-8-15)22(30)28(25-18)12-11-26(3)4/h5-10,13,25H,1-2,11-12,14H2,3-4H3/b17-6-. The van der Waals surface area contributed by atoms with E-state index in [9.17, 15) is 9.59 Å². The number of H-pyrrole nitrogens is 1. The van der Waals surface area contributed by atoms with Gasteiger partial charge >= 0.3 is 0 Å². The second-order valence-corrected chi connectivity index (χ2v) is 7.57. The Morgan fingerprint density at radius 1 is 1.27 bits per heavy atom. The molecule has 156 valence electrons. The smallest absolute Gasteiger partial charge is 0.276 e. The van der Waals surface area contributed by atoms with Crippen LogP contribution in [0.3, 0.4) is 0 Å². The maximum atomic E-state index is 13.3. The van der Waals surface area contributed by atoms with Gasteiger partial charge in [0.1, 0.15) is 0 Å². The van der Waals surface area contributed by atoms with E-state index in [4.69, 9.17) is 11.6 Å². The Balaban J connectivity index is 2.32. The molecule has 7 nitrogen and oxygen atoms in total. The highest BCUT2D eigenvalue weighted by molar-refractivity contribution is 6.30. The Morgan fingerprint density at radius 3 is 2.57 bits per heavy atom. The highest BCUT2D eigenvalue weighted by atomic mass is 35.5. The summed E-state index contributed by atoms with van der Waals surface area (Å²) in [7, 11) is 3.87. The first-order valence-corrected chi connectivity index (χ1v) is 9.79. The van der Waals surface area contributed by atoms with Crippen LogP contribution in [0, 0.1) is 0 Å². The fourth-order valence-electron chi connectivity index (χ4n) is 3.26. The van der Waals surface area contributed by atoms with Crippen molar-refractivity contribution >= 4 is 29.2 Å². The third-order valence-electron chi connectivity index (χ3n) is 4.75. The maximum Gasteiger partial charge on any atom is 0.276 e. The second-order valence-electron chi connectivity index (χ2n) is 7.14. The third kappa shape index (κ3) is 4.37. The van der Waals surface area contributed by atoms with Gasteiger partial charge in [0, 0.05) is 17.6 Å². The fraction of sp³-hybridized carbons (Fsp3) is 0.227. The van der Waals surface area contributed by atoms with E-state index in [2.05, 4.69) is 23.4 Å². The topological polar surface area (TPSA) is 75.4 Å². The first-order chi connectivity index (χ1) is 14.3. The molecule has 1 N–H and O–H groups in total. The van der Waals surface area contributed by atoms with Gasteiger partial charge in [-0.15, -0.1) is 0 Å². The second kappa shape index (κ2) is 9.11. The van der Waals surface area contributed by atoms with Crippen LogP contribution in [0.5, 0.6) is 0 Å². The molecular weight excluding hydrogens is 402 g/mol.